The summed E-state index contributed by atoms with van der Waals surface area (Å²) >= 11 is 0. The SMILES string of the molecule is COC(=O)CCCCCCCCO[C@@H]1OC(CO)[C@H](OC2OC(CO)[C@@H](O)C(O[C@]3(C(=O)O)CC(O)[C@@H](NC(C)=O)C(C(O)C(O)CO)O3)C2O)C(O[C@@H]2OC(C)[C@H](O)C(O)C2O)C1NC(=O)c1ccc(O)c(OC)c1. The molecule has 0 bridgehead atoms. The number of unbranched alkanes of at least 4 members (excludes halogenated alkanes) is 5. The van der Waals surface area contributed by atoms with Gasteiger partial charge in [-0.3, -0.25) is 14.4 Å². The first-order valence-corrected chi connectivity index (χ1v) is 24.8. The smallest absolute Gasteiger partial charge is 0.364 e. The van der Waals surface area contributed by atoms with Crippen molar-refractivity contribution in [3.8, 4) is 11.5 Å². The Hall–Kier alpha value is -4.06. The third-order valence-electron chi connectivity index (χ3n) is 13.6. The topological polar surface area (TPSA) is 448 Å². The summed E-state index contributed by atoms with van der Waals surface area (Å²) in [7, 11) is 2.54. The van der Waals surface area contributed by atoms with E-state index >= 15 is 0 Å². The molecule has 4 saturated heterocycles. The van der Waals surface area contributed by atoms with Gasteiger partial charge in [-0.1, -0.05) is 25.7 Å². The number of hydrogen-bond donors (Lipinski definition) is 15. The molecule has 4 aliphatic rings. The van der Waals surface area contributed by atoms with Crippen molar-refractivity contribution in [3.05, 3.63) is 23.8 Å². The molecule has 0 aliphatic carbocycles. The second-order valence-electron chi connectivity index (χ2n) is 19.0. The molecule has 0 spiro atoms. The number of aliphatic carboxylic acids is 1. The Morgan fingerprint density at radius 2 is 1.38 bits per heavy atom. The van der Waals surface area contributed by atoms with Crippen molar-refractivity contribution in [2.75, 3.05) is 40.6 Å². The maximum atomic E-state index is 14.2. The van der Waals surface area contributed by atoms with E-state index < -0.39 is 172 Å². The monoisotopic (exact) mass is 1100 g/mol. The van der Waals surface area contributed by atoms with Crippen molar-refractivity contribution in [1.82, 2.24) is 10.6 Å². The van der Waals surface area contributed by atoms with Gasteiger partial charge >= 0.3 is 11.9 Å². The van der Waals surface area contributed by atoms with Crippen LogP contribution < -0.4 is 15.4 Å². The second kappa shape index (κ2) is 28.7. The molecule has 4 aliphatic heterocycles. The summed E-state index contributed by atoms with van der Waals surface area (Å²) in [6.07, 6.45) is -31.6. The average molecular weight is 1100 g/mol. The van der Waals surface area contributed by atoms with E-state index in [0.29, 0.717) is 19.3 Å². The Labute approximate surface area is 436 Å². The number of aromatic hydroxyl groups is 1. The molecule has 0 aromatic heterocycles. The summed E-state index contributed by atoms with van der Waals surface area (Å²) < 4.78 is 58.1. The van der Waals surface area contributed by atoms with Crippen LogP contribution in [0.5, 0.6) is 11.5 Å². The first kappa shape index (κ1) is 62.8. The number of carboxylic acid groups (broad SMARTS) is 1. The maximum Gasteiger partial charge on any atom is 0.364 e. The number of carbonyl (C=O) groups excluding carboxylic acids is 3. The van der Waals surface area contributed by atoms with Crippen molar-refractivity contribution < 1.29 is 133 Å². The van der Waals surface area contributed by atoms with E-state index in [2.05, 4.69) is 15.4 Å². The normalized spacial score (nSPS) is 36.6. The highest BCUT2D eigenvalue weighted by Crippen LogP contribution is 2.40. The summed E-state index contributed by atoms with van der Waals surface area (Å²) in [5.41, 5.74) is -0.112. The van der Waals surface area contributed by atoms with Crippen LogP contribution in [0.3, 0.4) is 0 Å². The molecule has 5 rings (SSSR count). The van der Waals surface area contributed by atoms with Crippen molar-refractivity contribution in [2.24, 2.45) is 0 Å². The lowest BCUT2D eigenvalue weighted by Gasteiger charge is -2.51. The van der Waals surface area contributed by atoms with Crippen LogP contribution in [0.15, 0.2) is 18.2 Å². The number of phenolic OH excluding ortho intramolecular Hbond substituents is 1. The molecule has 4 heterocycles. The average Bonchev–Trinajstić information content (AvgIpc) is 3.39. The number of hydrogen-bond acceptors (Lipinski definition) is 26. The molecule has 15 N–H and O–H groups in total. The number of phenols is 1. The van der Waals surface area contributed by atoms with Gasteiger partial charge in [0.1, 0.15) is 85.4 Å². The van der Waals surface area contributed by atoms with Gasteiger partial charge in [-0.15, -0.1) is 0 Å². The van der Waals surface area contributed by atoms with Gasteiger partial charge in [-0.2, -0.15) is 0 Å². The van der Waals surface area contributed by atoms with E-state index in [1.165, 1.54) is 39.3 Å². The Morgan fingerprint density at radius 1 is 0.750 bits per heavy atom. The van der Waals surface area contributed by atoms with E-state index in [1.807, 2.05) is 0 Å². The highest BCUT2D eigenvalue weighted by molar-refractivity contribution is 5.95. The highest BCUT2D eigenvalue weighted by Gasteiger charge is 2.61. The van der Waals surface area contributed by atoms with Crippen LogP contribution >= 0.6 is 0 Å². The summed E-state index contributed by atoms with van der Waals surface area (Å²) in [5, 5.41) is 146. The summed E-state index contributed by atoms with van der Waals surface area (Å²) in [5.74, 6) is -7.66. The molecular formula is C47H74N2O27. The zero-order valence-corrected chi connectivity index (χ0v) is 42.3. The summed E-state index contributed by atoms with van der Waals surface area (Å²) in [4.78, 5) is 51.0. The van der Waals surface area contributed by atoms with Gasteiger partial charge in [0.05, 0.1) is 52.3 Å². The van der Waals surface area contributed by atoms with Crippen LogP contribution in [0.2, 0.25) is 0 Å². The molecule has 29 heteroatoms. The number of esters is 1. The zero-order chi connectivity index (χ0) is 56.2. The number of ether oxygens (including phenoxy) is 10. The van der Waals surface area contributed by atoms with Gasteiger partial charge in [0.2, 0.25) is 5.91 Å². The molecule has 4 fully saturated rings. The number of aliphatic hydroxyl groups is 11. The van der Waals surface area contributed by atoms with Gasteiger partial charge in [-0.25, -0.2) is 4.79 Å². The van der Waals surface area contributed by atoms with Crippen molar-refractivity contribution in [2.45, 2.75) is 194 Å². The minimum atomic E-state index is -3.17. The van der Waals surface area contributed by atoms with Crippen LogP contribution in [-0.2, 0) is 57.0 Å². The molecule has 1 aromatic rings. The van der Waals surface area contributed by atoms with Crippen molar-refractivity contribution in [1.29, 1.82) is 0 Å². The quantitative estimate of drug-likeness (QED) is 0.0304. The first-order chi connectivity index (χ1) is 36.1. The molecule has 76 heavy (non-hydrogen) atoms. The largest absolute Gasteiger partial charge is 0.504 e. The van der Waals surface area contributed by atoms with Gasteiger partial charge < -0.3 is 124 Å². The lowest BCUT2D eigenvalue weighted by Crippen LogP contribution is -2.71. The van der Waals surface area contributed by atoms with Gasteiger partial charge in [-0.05, 0) is 38.0 Å². The Morgan fingerprint density at radius 3 is 2.00 bits per heavy atom. The van der Waals surface area contributed by atoms with E-state index in [9.17, 15) is 85.6 Å². The summed E-state index contributed by atoms with van der Waals surface area (Å²) in [6, 6.07) is 0.322. The standard InChI is InChI=1S/C47H74N2O27/c1-20-32(58)35(61)36(62)44(70-20)74-40-31(49-42(64)22-12-13-23(54)26(15-22)67-3)43(69-14-10-8-6-5-7-9-11-29(57)68-4)72-28(19-52)38(40)73-45-37(63)41(34(60)27(18-51)71-45)76-47(46(65)66)16-24(55)30(48-21(2)53)39(75-47)33(59)25(56)17-50/h12-13,15,20,24-25,27-28,30-41,43-45,50-52,54-56,58-63H,5-11,14,16-19H2,1-4H3,(H,48,53)(H,49,64)(H,65,66)/t20?,24?,25?,27?,28?,30-,31?,32+,33?,34-,35?,36?,37?,38+,39?,40?,41?,43-,44+,45?,47+/m1/s1. The highest BCUT2D eigenvalue weighted by atomic mass is 16.8. The number of nitrogens with one attached hydrogen (secondary N) is 2. The molecule has 21 atom stereocenters. The third-order valence-corrected chi connectivity index (χ3v) is 13.6. The van der Waals surface area contributed by atoms with E-state index in [4.69, 9.17) is 42.6 Å². The first-order valence-electron chi connectivity index (χ1n) is 24.8. The fourth-order valence-electron chi connectivity index (χ4n) is 9.31. The van der Waals surface area contributed by atoms with E-state index in [-0.39, 0.29) is 36.1 Å². The minimum absolute atomic E-state index is 0.0445. The number of rotatable bonds is 26. The molecule has 0 saturated carbocycles. The predicted octanol–water partition coefficient (Wildman–Crippen LogP) is -5.29. The second-order valence-corrected chi connectivity index (χ2v) is 19.0. The van der Waals surface area contributed by atoms with Gasteiger partial charge in [0.15, 0.2) is 30.4 Å². The Balaban J connectivity index is 1.53. The fraction of sp³-hybridized carbons (Fsp3) is 0.787. The lowest BCUT2D eigenvalue weighted by molar-refractivity contribution is -0.391. The van der Waals surface area contributed by atoms with Crippen molar-refractivity contribution in [3.63, 3.8) is 0 Å². The molecular weight excluding hydrogens is 1020 g/mol. The van der Waals surface area contributed by atoms with Gasteiger partial charge in [0.25, 0.3) is 11.7 Å². The molecule has 14 unspecified atom stereocenters. The molecule has 29 nitrogen and oxygen atoms in total. The Kier molecular flexibility index (Phi) is 23.7. The Bertz CT molecular complexity index is 2020. The van der Waals surface area contributed by atoms with Crippen molar-refractivity contribution >= 4 is 23.8 Å². The maximum absolute atomic E-state index is 14.2. The lowest BCUT2D eigenvalue weighted by atomic mass is 9.88. The van der Waals surface area contributed by atoms with Crippen LogP contribution in [-0.4, -0.2) is 259 Å². The summed E-state index contributed by atoms with van der Waals surface area (Å²) in [6.45, 7) is -0.853. The number of amides is 2. The number of carboxylic acids is 1. The van der Waals surface area contributed by atoms with E-state index in [1.54, 1.807) is 0 Å². The molecule has 1 aromatic carbocycles. The molecule has 434 valence electrons. The van der Waals surface area contributed by atoms with Crippen LogP contribution in [0.25, 0.3) is 0 Å². The predicted molar refractivity (Wildman–Crippen MR) is 249 cm³/mol. The number of benzene rings is 1. The fourth-order valence-corrected chi connectivity index (χ4v) is 9.31. The van der Waals surface area contributed by atoms with Crippen LogP contribution in [0.1, 0.15) is 75.6 Å². The number of methoxy groups -OCH3 is 2. The number of aliphatic hydroxyl groups excluding tert-OH is 11. The zero-order valence-electron chi connectivity index (χ0n) is 42.3. The van der Waals surface area contributed by atoms with E-state index in [0.717, 1.165) is 26.2 Å². The molecule has 0 radical (unpaired) electrons. The van der Waals surface area contributed by atoms with Crippen LogP contribution in [0, 0.1) is 0 Å². The molecule has 2 amide bonds. The number of carbonyl (C=O) groups is 4. The third kappa shape index (κ3) is 15.2. The van der Waals surface area contributed by atoms with Crippen LogP contribution in [0.4, 0.5) is 0 Å². The minimum Gasteiger partial charge on any atom is -0.504 e. The van der Waals surface area contributed by atoms with Gasteiger partial charge in [0, 0.05) is 31.9 Å².